The van der Waals surface area contributed by atoms with Crippen LogP contribution in [0.3, 0.4) is 0 Å². The van der Waals surface area contributed by atoms with E-state index in [1.165, 1.54) is 9.80 Å². The summed E-state index contributed by atoms with van der Waals surface area (Å²) in [5, 5.41) is 0. The van der Waals surface area contributed by atoms with E-state index < -0.39 is 17.5 Å². The molecule has 0 heterocycles. The average molecular weight is 346 g/mol. The molecule has 6 heteroatoms. The molecule has 0 fully saturated rings. The monoisotopic (exact) mass is 346 g/mol. The van der Waals surface area contributed by atoms with Crippen molar-refractivity contribution >= 4 is 11.8 Å². The molecule has 0 unspecified atom stereocenters. The van der Waals surface area contributed by atoms with Gasteiger partial charge in [0.15, 0.2) is 0 Å². The van der Waals surface area contributed by atoms with Gasteiger partial charge in [0, 0.05) is 44.4 Å². The van der Waals surface area contributed by atoms with Gasteiger partial charge in [0.2, 0.25) is 0 Å². The molecule has 2 rings (SSSR count). The molecule has 132 valence electrons. The Labute approximate surface area is 145 Å². The molecule has 4 nitrogen and oxygen atoms in total. The van der Waals surface area contributed by atoms with Gasteiger partial charge in [-0.3, -0.25) is 9.59 Å². The highest BCUT2D eigenvalue weighted by Gasteiger charge is 2.17. The predicted molar refractivity (Wildman–Crippen MR) is 91.2 cm³/mol. The highest BCUT2D eigenvalue weighted by atomic mass is 19.1. The van der Waals surface area contributed by atoms with Gasteiger partial charge in [-0.25, -0.2) is 8.78 Å². The summed E-state index contributed by atoms with van der Waals surface area (Å²) in [6, 6.07) is 9.68. The topological polar surface area (TPSA) is 40.6 Å². The largest absolute Gasteiger partial charge is 0.345 e. The van der Waals surface area contributed by atoms with E-state index >= 15 is 0 Å². The molecular weight excluding hydrogens is 326 g/mol. The van der Waals surface area contributed by atoms with Crippen LogP contribution in [0, 0.1) is 11.6 Å². The quantitative estimate of drug-likeness (QED) is 0.833. The van der Waals surface area contributed by atoms with E-state index in [-0.39, 0.29) is 18.0 Å². The maximum absolute atomic E-state index is 13.3. The number of amides is 2. The molecule has 2 aromatic carbocycles. The van der Waals surface area contributed by atoms with Crippen molar-refractivity contribution in [1.82, 2.24) is 9.80 Å². The smallest absolute Gasteiger partial charge is 0.254 e. The van der Waals surface area contributed by atoms with Crippen molar-refractivity contribution in [2.24, 2.45) is 0 Å². The summed E-state index contributed by atoms with van der Waals surface area (Å²) in [5.74, 6) is -2.13. The van der Waals surface area contributed by atoms with E-state index in [1.807, 2.05) is 0 Å². The number of hydrogen-bond acceptors (Lipinski definition) is 2. The van der Waals surface area contributed by atoms with Crippen LogP contribution < -0.4 is 0 Å². The first-order chi connectivity index (χ1) is 11.8. The number of hydrogen-bond donors (Lipinski definition) is 0. The SMILES string of the molecule is CCN(Cc1ccc(C(=O)N(C)C)cc1)C(=O)c1cc(F)cc(F)c1. The lowest BCUT2D eigenvalue weighted by Gasteiger charge is -2.21. The molecule has 0 atom stereocenters. The first-order valence-electron chi connectivity index (χ1n) is 7.87. The molecule has 0 aromatic heterocycles. The lowest BCUT2D eigenvalue weighted by molar-refractivity contribution is 0.0750. The Morgan fingerprint density at radius 2 is 1.44 bits per heavy atom. The molecule has 2 amide bonds. The zero-order chi connectivity index (χ0) is 18.6. The molecule has 0 aliphatic heterocycles. The van der Waals surface area contributed by atoms with E-state index in [0.717, 1.165) is 23.8 Å². The van der Waals surface area contributed by atoms with Crippen molar-refractivity contribution in [3.8, 4) is 0 Å². The molecular formula is C19H20F2N2O2. The van der Waals surface area contributed by atoms with E-state index in [9.17, 15) is 18.4 Å². The van der Waals surface area contributed by atoms with Crippen LogP contribution in [-0.2, 0) is 6.54 Å². The van der Waals surface area contributed by atoms with Crippen molar-refractivity contribution in [2.75, 3.05) is 20.6 Å². The number of benzene rings is 2. The second-order valence-corrected chi connectivity index (χ2v) is 5.87. The highest BCUT2D eigenvalue weighted by Crippen LogP contribution is 2.14. The molecule has 0 aliphatic rings. The van der Waals surface area contributed by atoms with Crippen molar-refractivity contribution < 1.29 is 18.4 Å². The standard InChI is InChI=1S/C19H20F2N2O2/c1-4-23(19(25)15-9-16(20)11-17(21)10-15)12-13-5-7-14(8-6-13)18(24)22(2)3/h5-11H,4,12H2,1-3H3. The normalized spacial score (nSPS) is 10.4. The molecule has 0 saturated heterocycles. The van der Waals surface area contributed by atoms with Gasteiger partial charge in [-0.15, -0.1) is 0 Å². The van der Waals surface area contributed by atoms with Crippen LogP contribution in [0.15, 0.2) is 42.5 Å². The molecule has 0 radical (unpaired) electrons. The van der Waals surface area contributed by atoms with E-state index in [2.05, 4.69) is 0 Å². The average Bonchev–Trinajstić information content (AvgIpc) is 2.58. The Bertz CT molecular complexity index is 753. The van der Waals surface area contributed by atoms with Gasteiger partial charge < -0.3 is 9.80 Å². The maximum atomic E-state index is 13.3. The summed E-state index contributed by atoms with van der Waals surface area (Å²) in [4.78, 5) is 27.3. The van der Waals surface area contributed by atoms with Crippen LogP contribution >= 0.6 is 0 Å². The van der Waals surface area contributed by atoms with Crippen LogP contribution in [0.5, 0.6) is 0 Å². The highest BCUT2D eigenvalue weighted by molar-refractivity contribution is 5.94. The maximum Gasteiger partial charge on any atom is 0.254 e. The molecule has 25 heavy (non-hydrogen) atoms. The number of carbonyl (C=O) groups excluding carboxylic acids is 2. The van der Waals surface area contributed by atoms with Gasteiger partial charge in [0.05, 0.1) is 0 Å². The third-order valence-corrected chi connectivity index (χ3v) is 3.76. The van der Waals surface area contributed by atoms with Gasteiger partial charge in [0.1, 0.15) is 11.6 Å². The van der Waals surface area contributed by atoms with Crippen molar-refractivity contribution in [2.45, 2.75) is 13.5 Å². The van der Waals surface area contributed by atoms with Gasteiger partial charge >= 0.3 is 0 Å². The summed E-state index contributed by atoms with van der Waals surface area (Å²) in [5.41, 5.74) is 1.34. The number of nitrogens with zero attached hydrogens (tertiary/aromatic N) is 2. The number of halogens is 2. The third kappa shape index (κ3) is 4.62. The second-order valence-electron chi connectivity index (χ2n) is 5.87. The minimum Gasteiger partial charge on any atom is -0.345 e. The van der Waals surface area contributed by atoms with Crippen LogP contribution in [0.2, 0.25) is 0 Å². The zero-order valence-corrected chi connectivity index (χ0v) is 14.4. The van der Waals surface area contributed by atoms with Crippen LogP contribution in [0.1, 0.15) is 33.2 Å². The molecule has 2 aromatic rings. The molecule has 0 saturated carbocycles. The van der Waals surface area contributed by atoms with Crippen LogP contribution in [0.25, 0.3) is 0 Å². The van der Waals surface area contributed by atoms with Crippen LogP contribution in [-0.4, -0.2) is 42.3 Å². The minimum absolute atomic E-state index is 0.0289. The van der Waals surface area contributed by atoms with E-state index in [4.69, 9.17) is 0 Å². The fourth-order valence-corrected chi connectivity index (χ4v) is 2.42. The number of carbonyl (C=O) groups is 2. The summed E-state index contributed by atoms with van der Waals surface area (Å²) < 4.78 is 26.6. The van der Waals surface area contributed by atoms with Gasteiger partial charge in [-0.2, -0.15) is 0 Å². The fourth-order valence-electron chi connectivity index (χ4n) is 2.42. The second kappa shape index (κ2) is 7.88. The van der Waals surface area contributed by atoms with Crippen molar-refractivity contribution in [1.29, 1.82) is 0 Å². The minimum atomic E-state index is -0.786. The fraction of sp³-hybridized carbons (Fsp3) is 0.263. The molecule has 0 aliphatic carbocycles. The Kier molecular flexibility index (Phi) is 5.85. The van der Waals surface area contributed by atoms with Crippen molar-refractivity contribution in [3.63, 3.8) is 0 Å². The summed E-state index contributed by atoms with van der Waals surface area (Å²) in [6.45, 7) is 2.46. The van der Waals surface area contributed by atoms with Gasteiger partial charge in [0.25, 0.3) is 11.8 Å². The van der Waals surface area contributed by atoms with Gasteiger partial charge in [-0.1, -0.05) is 12.1 Å². The lowest BCUT2D eigenvalue weighted by atomic mass is 10.1. The van der Waals surface area contributed by atoms with Crippen molar-refractivity contribution in [3.05, 3.63) is 70.8 Å². The third-order valence-electron chi connectivity index (χ3n) is 3.76. The summed E-state index contributed by atoms with van der Waals surface area (Å²) >= 11 is 0. The first kappa shape index (κ1) is 18.6. The first-order valence-corrected chi connectivity index (χ1v) is 7.87. The van der Waals surface area contributed by atoms with E-state index in [0.29, 0.717) is 12.1 Å². The Morgan fingerprint density at radius 1 is 0.880 bits per heavy atom. The van der Waals surface area contributed by atoms with Gasteiger partial charge in [-0.05, 0) is 36.8 Å². The zero-order valence-electron chi connectivity index (χ0n) is 14.4. The predicted octanol–water partition coefficient (Wildman–Crippen LogP) is 3.33. The Morgan fingerprint density at radius 3 is 1.92 bits per heavy atom. The summed E-state index contributed by atoms with van der Waals surface area (Å²) in [7, 11) is 3.34. The molecule has 0 N–H and O–H groups in total. The molecule has 0 bridgehead atoms. The van der Waals surface area contributed by atoms with Crippen LogP contribution in [0.4, 0.5) is 8.78 Å². The lowest BCUT2D eigenvalue weighted by Crippen LogP contribution is -2.30. The molecule has 0 spiro atoms. The number of rotatable bonds is 5. The Hall–Kier alpha value is -2.76. The summed E-state index contributed by atoms with van der Waals surface area (Å²) in [6.07, 6.45) is 0. The van der Waals surface area contributed by atoms with E-state index in [1.54, 1.807) is 45.3 Å². The Balaban J connectivity index is 2.16.